The highest BCUT2D eigenvalue weighted by Gasteiger charge is 2.46. The highest BCUT2D eigenvalue weighted by Crippen LogP contribution is 2.49. The molecule has 1 aromatic rings. The van der Waals surface area contributed by atoms with Crippen LogP contribution in [0.25, 0.3) is 0 Å². The number of carbonyl (C=O) groups is 1. The average molecular weight is 215 g/mol. The second kappa shape index (κ2) is 3.62. The molecule has 1 aliphatic carbocycles. The van der Waals surface area contributed by atoms with Gasteiger partial charge in [-0.15, -0.1) is 0 Å². The van der Waals surface area contributed by atoms with Gasteiger partial charge in [0.15, 0.2) is 0 Å². The molecule has 1 atom stereocenters. The maximum atomic E-state index is 11.3. The van der Waals surface area contributed by atoms with Crippen molar-refractivity contribution in [3.8, 4) is 0 Å². The molecule has 1 aromatic carbocycles. The Bertz CT molecular complexity index is 407. The van der Waals surface area contributed by atoms with Crippen molar-refractivity contribution in [2.45, 2.75) is 43.6 Å². The van der Waals surface area contributed by atoms with Crippen LogP contribution >= 0.6 is 0 Å². The van der Waals surface area contributed by atoms with Crippen molar-refractivity contribution in [2.75, 3.05) is 5.32 Å². The fourth-order valence-corrected chi connectivity index (χ4v) is 3.44. The molecule has 0 bridgehead atoms. The largest absolute Gasteiger partial charge is 0.375 e. The van der Waals surface area contributed by atoms with Gasteiger partial charge in [-0.2, -0.15) is 0 Å². The van der Waals surface area contributed by atoms with E-state index < -0.39 is 0 Å². The molecule has 3 rings (SSSR count). The zero-order valence-electron chi connectivity index (χ0n) is 9.41. The monoisotopic (exact) mass is 215 g/mol. The molecule has 1 aliphatic heterocycles. The van der Waals surface area contributed by atoms with Crippen molar-refractivity contribution >= 4 is 12.0 Å². The fraction of sp³-hybridized carbons (Fsp3) is 0.500. The summed E-state index contributed by atoms with van der Waals surface area (Å²) in [4.78, 5) is 11.3. The lowest BCUT2D eigenvalue weighted by Crippen LogP contribution is -2.41. The van der Waals surface area contributed by atoms with Gasteiger partial charge in [0.25, 0.3) is 0 Å². The van der Waals surface area contributed by atoms with Crippen molar-refractivity contribution < 1.29 is 4.79 Å². The van der Waals surface area contributed by atoms with E-state index in [1.54, 1.807) is 0 Å². The molecular formula is C14H17NO. The van der Waals surface area contributed by atoms with Crippen molar-refractivity contribution in [1.29, 1.82) is 0 Å². The first kappa shape index (κ1) is 9.88. The number of hydrogen-bond donors (Lipinski definition) is 1. The summed E-state index contributed by atoms with van der Waals surface area (Å²) in [7, 11) is 0. The van der Waals surface area contributed by atoms with Crippen LogP contribution in [0, 0.1) is 0 Å². The summed E-state index contributed by atoms with van der Waals surface area (Å²) in [5.41, 5.74) is 2.63. The van der Waals surface area contributed by atoms with E-state index in [4.69, 9.17) is 0 Å². The molecule has 0 saturated heterocycles. The van der Waals surface area contributed by atoms with Crippen LogP contribution in [-0.4, -0.2) is 12.3 Å². The third-order valence-corrected chi connectivity index (χ3v) is 4.25. The van der Waals surface area contributed by atoms with Crippen LogP contribution in [0.2, 0.25) is 0 Å². The second-order valence-electron chi connectivity index (χ2n) is 5.02. The molecule has 16 heavy (non-hydrogen) atoms. The first-order chi connectivity index (χ1) is 7.87. The minimum absolute atomic E-state index is 0.00907. The number of carbonyl (C=O) groups excluding carboxylic acids is 1. The van der Waals surface area contributed by atoms with Crippen LogP contribution < -0.4 is 5.32 Å². The quantitative estimate of drug-likeness (QED) is 0.730. The third-order valence-electron chi connectivity index (χ3n) is 4.25. The molecule has 1 N–H and O–H groups in total. The Morgan fingerprint density at radius 3 is 2.69 bits per heavy atom. The summed E-state index contributed by atoms with van der Waals surface area (Å²) in [5.74, 6) is 0. The topological polar surface area (TPSA) is 29.1 Å². The normalized spacial score (nSPS) is 26.1. The number of fused-ring (bicyclic) bond motifs is 2. The Kier molecular flexibility index (Phi) is 2.23. The molecule has 0 amide bonds. The van der Waals surface area contributed by atoms with Crippen molar-refractivity contribution in [3.63, 3.8) is 0 Å². The fourth-order valence-electron chi connectivity index (χ4n) is 3.44. The lowest BCUT2D eigenvalue weighted by molar-refractivity contribution is -0.109. The Morgan fingerprint density at radius 2 is 1.94 bits per heavy atom. The maximum absolute atomic E-state index is 11.3. The summed E-state index contributed by atoms with van der Waals surface area (Å²) in [6.45, 7) is 0. The molecule has 1 unspecified atom stereocenters. The lowest BCUT2D eigenvalue weighted by Gasteiger charge is -2.36. The van der Waals surface area contributed by atoms with E-state index in [9.17, 15) is 4.79 Å². The molecule has 2 heteroatoms. The van der Waals surface area contributed by atoms with Crippen LogP contribution in [0.4, 0.5) is 5.69 Å². The SMILES string of the molecule is O=CC1Nc2ccccc2C12CCCCC2. The molecule has 2 aliphatic rings. The van der Waals surface area contributed by atoms with Crippen molar-refractivity contribution in [1.82, 2.24) is 0 Å². The Labute approximate surface area is 96.1 Å². The van der Waals surface area contributed by atoms with Crippen LogP contribution in [-0.2, 0) is 10.2 Å². The predicted octanol–water partition coefficient (Wildman–Crippen LogP) is 2.88. The Hall–Kier alpha value is -1.31. The molecule has 2 nitrogen and oxygen atoms in total. The van der Waals surface area contributed by atoms with E-state index >= 15 is 0 Å². The van der Waals surface area contributed by atoms with E-state index in [1.165, 1.54) is 30.5 Å². The first-order valence-corrected chi connectivity index (χ1v) is 6.18. The second-order valence-corrected chi connectivity index (χ2v) is 5.02. The summed E-state index contributed by atoms with van der Waals surface area (Å²) in [5, 5.41) is 3.38. The Morgan fingerprint density at radius 1 is 1.19 bits per heavy atom. The number of para-hydroxylation sites is 1. The van der Waals surface area contributed by atoms with Gasteiger partial charge in [0.05, 0.1) is 6.04 Å². The van der Waals surface area contributed by atoms with Gasteiger partial charge in [-0.3, -0.25) is 0 Å². The number of aldehydes is 1. The number of nitrogens with one attached hydrogen (secondary N) is 1. The van der Waals surface area contributed by atoms with Gasteiger partial charge >= 0.3 is 0 Å². The third kappa shape index (κ3) is 1.22. The highest BCUT2D eigenvalue weighted by atomic mass is 16.1. The van der Waals surface area contributed by atoms with Crippen molar-refractivity contribution in [3.05, 3.63) is 29.8 Å². The van der Waals surface area contributed by atoms with Gasteiger partial charge < -0.3 is 10.1 Å². The number of anilines is 1. The van der Waals surface area contributed by atoms with Gasteiger partial charge in [0.1, 0.15) is 6.29 Å². The summed E-state index contributed by atoms with van der Waals surface area (Å²) >= 11 is 0. The summed E-state index contributed by atoms with van der Waals surface area (Å²) < 4.78 is 0. The van der Waals surface area contributed by atoms with E-state index in [2.05, 4.69) is 23.5 Å². The van der Waals surface area contributed by atoms with E-state index in [0.717, 1.165) is 19.1 Å². The van der Waals surface area contributed by atoms with Crippen LogP contribution in [0.1, 0.15) is 37.7 Å². The molecular weight excluding hydrogens is 198 g/mol. The van der Waals surface area contributed by atoms with E-state index in [0.29, 0.717) is 0 Å². The van der Waals surface area contributed by atoms with E-state index in [1.807, 2.05) is 6.07 Å². The minimum atomic E-state index is -0.00907. The Balaban J connectivity index is 2.09. The first-order valence-electron chi connectivity index (χ1n) is 6.18. The number of hydrogen-bond acceptors (Lipinski definition) is 2. The van der Waals surface area contributed by atoms with Gasteiger partial charge in [-0.05, 0) is 24.5 Å². The summed E-state index contributed by atoms with van der Waals surface area (Å²) in [6.07, 6.45) is 7.22. The molecule has 0 radical (unpaired) electrons. The number of benzene rings is 1. The zero-order valence-corrected chi connectivity index (χ0v) is 9.41. The molecule has 84 valence electrons. The highest BCUT2D eigenvalue weighted by molar-refractivity contribution is 5.76. The van der Waals surface area contributed by atoms with Crippen molar-refractivity contribution in [2.24, 2.45) is 0 Å². The molecule has 1 spiro atoms. The lowest BCUT2D eigenvalue weighted by atomic mass is 9.67. The van der Waals surface area contributed by atoms with Crippen LogP contribution in [0.15, 0.2) is 24.3 Å². The maximum Gasteiger partial charge on any atom is 0.143 e. The van der Waals surface area contributed by atoms with E-state index in [-0.39, 0.29) is 11.5 Å². The number of rotatable bonds is 1. The van der Waals surface area contributed by atoms with Crippen LogP contribution in [0.5, 0.6) is 0 Å². The van der Waals surface area contributed by atoms with Crippen LogP contribution in [0.3, 0.4) is 0 Å². The molecule has 1 saturated carbocycles. The van der Waals surface area contributed by atoms with Gasteiger partial charge in [0, 0.05) is 11.1 Å². The minimum Gasteiger partial charge on any atom is -0.375 e. The average Bonchev–Trinajstić information content (AvgIpc) is 2.65. The predicted molar refractivity (Wildman–Crippen MR) is 64.7 cm³/mol. The molecule has 1 heterocycles. The smallest absolute Gasteiger partial charge is 0.143 e. The molecule has 1 fully saturated rings. The van der Waals surface area contributed by atoms with Gasteiger partial charge in [-0.25, -0.2) is 0 Å². The zero-order chi connectivity index (χ0) is 11.0. The standard InChI is InChI=1S/C14H17NO/c16-10-13-14(8-4-1-5-9-14)11-6-2-3-7-12(11)15-13/h2-3,6-7,10,13,15H,1,4-5,8-9H2. The summed E-state index contributed by atoms with van der Waals surface area (Å²) in [6, 6.07) is 8.40. The molecule has 0 aromatic heterocycles. The van der Waals surface area contributed by atoms with Gasteiger partial charge in [-0.1, -0.05) is 37.5 Å². The van der Waals surface area contributed by atoms with Gasteiger partial charge in [0.2, 0.25) is 0 Å².